The molecule has 1 aromatic carbocycles. The van der Waals surface area contributed by atoms with Gasteiger partial charge in [0.15, 0.2) is 0 Å². The van der Waals surface area contributed by atoms with Crippen molar-refractivity contribution >= 4 is 28.9 Å². The molecule has 1 unspecified atom stereocenters. The number of piperidine rings is 2. The number of aryl methyl sites for hydroxylation is 1. The van der Waals surface area contributed by atoms with Crippen molar-refractivity contribution in [3.63, 3.8) is 0 Å². The molecule has 2 aromatic rings. The van der Waals surface area contributed by atoms with Crippen molar-refractivity contribution in [3.05, 3.63) is 34.2 Å². The number of likely N-dealkylation sites (tertiary alicyclic amines) is 1. The van der Waals surface area contributed by atoms with Crippen molar-refractivity contribution in [1.29, 1.82) is 0 Å². The highest BCUT2D eigenvalue weighted by Crippen LogP contribution is 2.30. The van der Waals surface area contributed by atoms with Crippen LogP contribution in [0.3, 0.4) is 0 Å². The Morgan fingerprint density at radius 3 is 2.40 bits per heavy atom. The van der Waals surface area contributed by atoms with Gasteiger partial charge in [-0.2, -0.15) is 0 Å². The Kier molecular flexibility index (Phi) is 9.30. The average molecular weight is 592 g/mol. The van der Waals surface area contributed by atoms with Gasteiger partial charge in [-0.05, 0) is 103 Å². The van der Waals surface area contributed by atoms with E-state index in [1.54, 1.807) is 11.6 Å². The number of nitrogens with one attached hydrogen (secondary N) is 2. The van der Waals surface area contributed by atoms with E-state index in [0.29, 0.717) is 36.2 Å². The fraction of sp³-hybridized carbons (Fsp3) is 0.636. The molecule has 232 valence electrons. The van der Waals surface area contributed by atoms with Gasteiger partial charge >= 0.3 is 11.8 Å². The Labute approximate surface area is 253 Å². The summed E-state index contributed by atoms with van der Waals surface area (Å²) in [6, 6.07) is 4.94. The number of carbonyl (C=O) groups is 3. The minimum atomic E-state index is -0.703. The highest BCUT2D eigenvalue weighted by molar-refractivity contribution is 6.00. The Bertz CT molecular complexity index is 1470. The molecule has 43 heavy (non-hydrogen) atoms. The molecule has 3 heterocycles. The highest BCUT2D eigenvalue weighted by atomic mass is 16.6. The third-order valence-electron chi connectivity index (χ3n) is 9.04. The fourth-order valence-corrected chi connectivity index (χ4v) is 6.73. The van der Waals surface area contributed by atoms with E-state index in [4.69, 9.17) is 4.74 Å². The van der Waals surface area contributed by atoms with Crippen LogP contribution in [0.1, 0.15) is 83.7 Å². The maximum absolute atomic E-state index is 13.2. The van der Waals surface area contributed by atoms with Gasteiger partial charge in [-0.15, -0.1) is 0 Å². The third-order valence-corrected chi connectivity index (χ3v) is 9.04. The van der Waals surface area contributed by atoms with Gasteiger partial charge in [0.25, 0.3) is 0 Å². The highest BCUT2D eigenvalue weighted by Gasteiger charge is 2.32. The third kappa shape index (κ3) is 7.50. The van der Waals surface area contributed by atoms with Gasteiger partial charge in [-0.25, -0.2) is 9.59 Å². The van der Waals surface area contributed by atoms with E-state index in [2.05, 4.69) is 27.4 Å². The van der Waals surface area contributed by atoms with E-state index in [1.165, 1.54) is 17.4 Å². The second kappa shape index (κ2) is 13.0. The van der Waals surface area contributed by atoms with Crippen LogP contribution < -0.4 is 16.3 Å². The first-order valence-electron chi connectivity index (χ1n) is 15.7. The molecule has 1 aromatic heterocycles. The first-order valence-corrected chi connectivity index (χ1v) is 15.7. The molecule has 10 nitrogen and oxygen atoms in total. The number of rotatable bonds is 5. The van der Waals surface area contributed by atoms with E-state index >= 15 is 0 Å². The summed E-state index contributed by atoms with van der Waals surface area (Å²) < 4.78 is 8.43. The van der Waals surface area contributed by atoms with E-state index in [9.17, 15) is 19.2 Å². The maximum Gasteiger partial charge on any atom is 0.407 e. The molecule has 0 bridgehead atoms. The molecule has 3 amide bonds. The normalized spacial score (nSPS) is 23.9. The number of nitrogens with zero attached hydrogens (tertiary/aromatic N) is 3. The van der Waals surface area contributed by atoms with Gasteiger partial charge in [0.05, 0.1) is 16.6 Å². The van der Waals surface area contributed by atoms with Crippen LogP contribution in [-0.2, 0) is 21.4 Å². The molecule has 2 aliphatic heterocycles. The molecule has 5 rings (SSSR count). The average Bonchev–Trinajstić information content (AvgIpc) is 3.21. The Balaban J connectivity index is 1.12. The summed E-state index contributed by atoms with van der Waals surface area (Å²) in [7, 11) is 1.71. The second-order valence-electron chi connectivity index (χ2n) is 13.5. The summed E-state index contributed by atoms with van der Waals surface area (Å²) in [5.74, 6) is 7.63. The lowest BCUT2D eigenvalue weighted by molar-refractivity contribution is -0.135. The van der Waals surface area contributed by atoms with Crippen LogP contribution in [0.15, 0.2) is 23.0 Å². The predicted octanol–water partition coefficient (Wildman–Crippen LogP) is 3.71. The lowest BCUT2D eigenvalue weighted by atomic mass is 9.81. The molecule has 2 saturated heterocycles. The van der Waals surface area contributed by atoms with Crippen LogP contribution in [0.5, 0.6) is 0 Å². The van der Waals surface area contributed by atoms with E-state index in [1.807, 2.05) is 39.0 Å². The van der Waals surface area contributed by atoms with E-state index in [0.717, 1.165) is 56.4 Å². The molecule has 0 radical (unpaired) electrons. The van der Waals surface area contributed by atoms with Crippen LogP contribution in [0.4, 0.5) is 4.79 Å². The topological polar surface area (TPSA) is 115 Å². The quantitative estimate of drug-likeness (QED) is 0.405. The lowest BCUT2D eigenvalue weighted by Crippen LogP contribution is -2.44. The Hall–Kier alpha value is -3.58. The first kappa shape index (κ1) is 30.9. The number of hydrogen-bond donors (Lipinski definition) is 2. The summed E-state index contributed by atoms with van der Waals surface area (Å²) in [6.07, 6.45) is 6.92. The number of ether oxygens (including phenoxy) is 1. The zero-order valence-corrected chi connectivity index (χ0v) is 25.9. The Morgan fingerprint density at radius 1 is 1.02 bits per heavy atom. The van der Waals surface area contributed by atoms with Crippen molar-refractivity contribution < 1.29 is 19.1 Å². The molecular weight excluding hydrogens is 546 g/mol. The summed E-state index contributed by atoms with van der Waals surface area (Å²) in [4.78, 5) is 51.9. The molecule has 0 spiro atoms. The second-order valence-corrected chi connectivity index (χ2v) is 13.5. The van der Waals surface area contributed by atoms with E-state index in [-0.39, 0.29) is 24.1 Å². The molecule has 1 atom stereocenters. The number of imidazole rings is 1. The number of hydrogen-bond acceptors (Lipinski definition) is 6. The zero-order chi connectivity index (χ0) is 30.7. The van der Waals surface area contributed by atoms with Gasteiger partial charge in [0.1, 0.15) is 11.6 Å². The number of para-hydroxylation sites is 1. The van der Waals surface area contributed by atoms with Gasteiger partial charge in [-0.3, -0.25) is 24.0 Å². The molecule has 10 heteroatoms. The van der Waals surface area contributed by atoms with Crippen LogP contribution >= 0.6 is 0 Å². The molecule has 3 fully saturated rings. The van der Waals surface area contributed by atoms with Crippen molar-refractivity contribution in [1.82, 2.24) is 24.7 Å². The van der Waals surface area contributed by atoms with E-state index < -0.39 is 17.6 Å². The number of alkyl carbamates (subject to hydrolysis) is 1. The van der Waals surface area contributed by atoms with Gasteiger partial charge in [0.2, 0.25) is 11.8 Å². The van der Waals surface area contributed by atoms with Gasteiger partial charge < -0.3 is 15.0 Å². The van der Waals surface area contributed by atoms with Crippen molar-refractivity contribution in [2.24, 2.45) is 24.8 Å². The van der Waals surface area contributed by atoms with Gasteiger partial charge in [0, 0.05) is 32.5 Å². The van der Waals surface area contributed by atoms with Crippen LogP contribution in [0, 0.1) is 29.6 Å². The minimum Gasteiger partial charge on any atom is -0.444 e. The van der Waals surface area contributed by atoms with Gasteiger partial charge in [-0.1, -0.05) is 17.9 Å². The van der Waals surface area contributed by atoms with Crippen molar-refractivity contribution in [3.8, 4) is 11.8 Å². The molecule has 1 saturated carbocycles. The molecule has 2 N–H and O–H groups in total. The lowest BCUT2D eigenvalue weighted by Gasteiger charge is -2.35. The summed E-state index contributed by atoms with van der Waals surface area (Å²) in [5.41, 5.74) is 1.42. The standard InChI is InChI=1S/C33H45N5O5/c1-33(2,3)43-31(41)34-20-23-8-10-24(11-9-23)21-37-18-16-22(17-19-37)12-13-25-6-5-7-26-29(25)36(4)32(42)38(26)27-14-15-28(39)35-30(27)40/h5-7,22-24,27H,8-11,14-21H2,1-4H3,(H,34,41)(H,35,39,40). The number of fused-ring (bicyclic) bond motifs is 1. The molecule has 1 aliphatic carbocycles. The van der Waals surface area contributed by atoms with Crippen LogP contribution in [-0.4, -0.2) is 63.7 Å². The molecular formula is C33H45N5O5. The Morgan fingerprint density at radius 2 is 1.72 bits per heavy atom. The molecule has 3 aliphatic rings. The largest absolute Gasteiger partial charge is 0.444 e. The number of amides is 3. The summed E-state index contributed by atoms with van der Waals surface area (Å²) in [5, 5.41) is 5.30. The van der Waals surface area contributed by atoms with Crippen LogP contribution in [0.25, 0.3) is 11.0 Å². The SMILES string of the molecule is Cn1c(=O)n(C2CCC(=O)NC2=O)c2cccc(C#CC3CCN(CC4CCC(CNC(=O)OC(C)(C)C)CC4)CC3)c21. The zero-order valence-electron chi connectivity index (χ0n) is 25.9. The maximum atomic E-state index is 13.2. The number of carbonyl (C=O) groups excluding carboxylic acids is 3. The van der Waals surface area contributed by atoms with Crippen molar-refractivity contribution in [2.75, 3.05) is 26.2 Å². The fourth-order valence-electron chi connectivity index (χ4n) is 6.73. The number of benzene rings is 1. The summed E-state index contributed by atoms with van der Waals surface area (Å²) in [6.45, 7) is 9.52. The number of imide groups is 1. The summed E-state index contributed by atoms with van der Waals surface area (Å²) >= 11 is 0. The predicted molar refractivity (Wildman–Crippen MR) is 164 cm³/mol. The van der Waals surface area contributed by atoms with Crippen LogP contribution in [0.2, 0.25) is 0 Å². The first-order chi connectivity index (χ1) is 20.5. The monoisotopic (exact) mass is 591 g/mol. The smallest absolute Gasteiger partial charge is 0.407 e. The van der Waals surface area contributed by atoms with Crippen molar-refractivity contribution in [2.45, 2.75) is 83.8 Å². The minimum absolute atomic E-state index is 0.214. The number of aromatic nitrogens is 2.